The van der Waals surface area contributed by atoms with E-state index < -0.39 is 0 Å². The van der Waals surface area contributed by atoms with E-state index in [2.05, 4.69) is 170 Å². The molecule has 2 heteroatoms. The SMILES string of the molecule is c1cnc2c(c1)cc(-c1ccc(-c3ccc(-c4cccc5c6cccc7ccc8cccc(c9ccccc9c45)c8c76)cc3)c3ccccc13)c1cccnc12. The van der Waals surface area contributed by atoms with Crippen molar-refractivity contribution >= 4 is 86.4 Å². The molecule has 0 saturated heterocycles. The number of pyridine rings is 2. The van der Waals surface area contributed by atoms with Crippen LogP contribution in [0.4, 0.5) is 0 Å². The minimum Gasteiger partial charge on any atom is -0.254 e. The summed E-state index contributed by atoms with van der Waals surface area (Å²) in [5.74, 6) is 0. The highest BCUT2D eigenvalue weighted by atomic mass is 14.7. The maximum absolute atomic E-state index is 4.79. The fourth-order valence-corrected chi connectivity index (χ4v) is 9.46. The predicted molar refractivity (Wildman–Crippen MR) is 238 cm³/mol. The molecule has 2 heterocycles. The number of hydrogen-bond acceptors (Lipinski definition) is 2. The molecule has 0 amide bonds. The van der Waals surface area contributed by atoms with E-state index in [1.165, 1.54) is 98.0 Å². The van der Waals surface area contributed by atoms with Crippen LogP contribution in [0.2, 0.25) is 0 Å². The van der Waals surface area contributed by atoms with Crippen molar-refractivity contribution in [3.8, 4) is 33.4 Å². The van der Waals surface area contributed by atoms with Crippen molar-refractivity contribution in [3.63, 3.8) is 0 Å². The lowest BCUT2D eigenvalue weighted by atomic mass is 9.87. The number of rotatable bonds is 3. The van der Waals surface area contributed by atoms with Gasteiger partial charge in [-0.05, 0) is 116 Å². The van der Waals surface area contributed by atoms with Gasteiger partial charge in [0.05, 0.1) is 11.0 Å². The van der Waals surface area contributed by atoms with Gasteiger partial charge in [0, 0.05) is 23.2 Å². The second-order valence-electron chi connectivity index (χ2n) is 14.8. The van der Waals surface area contributed by atoms with E-state index in [9.17, 15) is 0 Å². The van der Waals surface area contributed by atoms with Crippen molar-refractivity contribution in [3.05, 3.63) is 194 Å². The van der Waals surface area contributed by atoms with E-state index in [-0.39, 0.29) is 0 Å². The molecule has 0 spiro atoms. The molecule has 10 aromatic carbocycles. The highest BCUT2D eigenvalue weighted by Gasteiger charge is 2.17. The third-order valence-electron chi connectivity index (χ3n) is 11.9. The van der Waals surface area contributed by atoms with Crippen molar-refractivity contribution in [1.82, 2.24) is 9.97 Å². The van der Waals surface area contributed by atoms with E-state index >= 15 is 0 Å². The Hall–Kier alpha value is -7.42. The van der Waals surface area contributed by atoms with Crippen molar-refractivity contribution in [1.29, 1.82) is 0 Å². The fourth-order valence-electron chi connectivity index (χ4n) is 9.46. The summed E-state index contributed by atoms with van der Waals surface area (Å²) in [6.45, 7) is 0. The molecule has 12 rings (SSSR count). The highest BCUT2D eigenvalue weighted by molar-refractivity contribution is 6.34. The third-order valence-corrected chi connectivity index (χ3v) is 11.9. The minimum absolute atomic E-state index is 0.930. The van der Waals surface area contributed by atoms with E-state index in [0.717, 1.165) is 21.8 Å². The first-order chi connectivity index (χ1) is 27.8. The Morgan fingerprint density at radius 1 is 0.250 bits per heavy atom. The van der Waals surface area contributed by atoms with Gasteiger partial charge in [-0.25, -0.2) is 0 Å². The summed E-state index contributed by atoms with van der Waals surface area (Å²) >= 11 is 0. The Morgan fingerprint density at radius 3 is 1.46 bits per heavy atom. The van der Waals surface area contributed by atoms with Crippen LogP contribution in [0.5, 0.6) is 0 Å². The van der Waals surface area contributed by atoms with E-state index in [1.54, 1.807) is 0 Å². The lowest BCUT2D eigenvalue weighted by molar-refractivity contribution is 1.37. The van der Waals surface area contributed by atoms with Gasteiger partial charge in [0.15, 0.2) is 0 Å². The molecule has 0 unspecified atom stereocenters. The zero-order valence-electron chi connectivity index (χ0n) is 30.4. The van der Waals surface area contributed by atoms with Crippen LogP contribution in [-0.4, -0.2) is 9.97 Å². The normalized spacial score (nSPS) is 11.9. The lowest BCUT2D eigenvalue weighted by Gasteiger charge is -2.16. The summed E-state index contributed by atoms with van der Waals surface area (Å²) in [5, 5.41) is 17.5. The van der Waals surface area contributed by atoms with E-state index in [1.807, 2.05) is 24.5 Å². The molecule has 56 heavy (non-hydrogen) atoms. The fraction of sp³-hybridized carbons (Fsp3) is 0. The van der Waals surface area contributed by atoms with Crippen LogP contribution in [0.25, 0.3) is 120 Å². The molecule has 2 aromatic heterocycles. The first-order valence-corrected chi connectivity index (χ1v) is 19.2. The Morgan fingerprint density at radius 2 is 0.732 bits per heavy atom. The first-order valence-electron chi connectivity index (χ1n) is 19.2. The van der Waals surface area contributed by atoms with Crippen LogP contribution in [-0.2, 0) is 0 Å². The Labute approximate surface area is 322 Å². The molecule has 258 valence electrons. The van der Waals surface area contributed by atoms with Gasteiger partial charge in [-0.2, -0.15) is 0 Å². The summed E-state index contributed by atoms with van der Waals surface area (Å²) in [5.41, 5.74) is 9.06. The van der Waals surface area contributed by atoms with E-state index in [0.29, 0.717) is 0 Å². The standard InChI is InChI=1S/C54H32N2/c1-2-14-41-40(13-1)38(28-29-43(41)49-32-37-12-8-30-55-53(37)54-48(49)21-9-31-56-54)33-22-24-34(25-23-33)39-17-7-20-47-46-19-6-11-36-27-26-35-10-5-18-44(50(35)51(36)46)42-15-3-4-16-45(42)52(39)47/h1-32H. The summed E-state index contributed by atoms with van der Waals surface area (Å²) < 4.78 is 0. The zero-order chi connectivity index (χ0) is 36.7. The largest absolute Gasteiger partial charge is 0.254 e. The molecule has 2 nitrogen and oxygen atoms in total. The molecule has 12 aromatic rings. The van der Waals surface area contributed by atoms with Crippen LogP contribution in [0, 0.1) is 0 Å². The summed E-state index contributed by atoms with van der Waals surface area (Å²) in [6.07, 6.45) is 3.71. The number of hydrogen-bond donors (Lipinski definition) is 0. The van der Waals surface area contributed by atoms with Crippen molar-refractivity contribution < 1.29 is 0 Å². The predicted octanol–water partition coefficient (Wildman–Crippen LogP) is 14.7. The number of benzene rings is 9. The summed E-state index contributed by atoms with van der Waals surface area (Å²) in [7, 11) is 0. The highest BCUT2D eigenvalue weighted by Crippen LogP contribution is 2.44. The summed E-state index contributed by atoms with van der Waals surface area (Å²) in [6, 6.07) is 67.0. The maximum Gasteiger partial charge on any atom is 0.0970 e. The number of nitrogens with zero attached hydrogens (tertiary/aromatic N) is 2. The average molecular weight is 709 g/mol. The monoisotopic (exact) mass is 708 g/mol. The van der Waals surface area contributed by atoms with Crippen LogP contribution >= 0.6 is 0 Å². The van der Waals surface area contributed by atoms with Crippen molar-refractivity contribution in [2.45, 2.75) is 0 Å². The topological polar surface area (TPSA) is 25.8 Å². The second kappa shape index (κ2) is 12.0. The average Bonchev–Trinajstić information content (AvgIpc) is 3.27. The van der Waals surface area contributed by atoms with Crippen molar-refractivity contribution in [2.75, 3.05) is 0 Å². The van der Waals surface area contributed by atoms with Crippen LogP contribution in [0.1, 0.15) is 0 Å². The molecule has 0 aliphatic heterocycles. The molecular formula is C54H32N2. The van der Waals surface area contributed by atoms with Crippen LogP contribution < -0.4 is 0 Å². The quantitative estimate of drug-likeness (QED) is 0.171. The number of fused-ring (bicyclic) bond motifs is 9. The summed E-state index contributed by atoms with van der Waals surface area (Å²) in [4.78, 5) is 9.48. The van der Waals surface area contributed by atoms with Crippen molar-refractivity contribution in [2.24, 2.45) is 0 Å². The van der Waals surface area contributed by atoms with Gasteiger partial charge in [-0.1, -0.05) is 164 Å². The zero-order valence-corrected chi connectivity index (χ0v) is 30.4. The van der Waals surface area contributed by atoms with E-state index in [4.69, 9.17) is 9.97 Å². The van der Waals surface area contributed by atoms with Gasteiger partial charge < -0.3 is 0 Å². The molecule has 0 radical (unpaired) electrons. The number of aromatic nitrogens is 2. The Kier molecular flexibility index (Phi) is 6.66. The van der Waals surface area contributed by atoms with Gasteiger partial charge in [0.2, 0.25) is 0 Å². The third kappa shape index (κ3) is 4.50. The molecule has 0 fully saturated rings. The second-order valence-corrected chi connectivity index (χ2v) is 14.8. The molecular weight excluding hydrogens is 677 g/mol. The van der Waals surface area contributed by atoms with Crippen LogP contribution in [0.3, 0.4) is 0 Å². The van der Waals surface area contributed by atoms with Gasteiger partial charge in [0.25, 0.3) is 0 Å². The van der Waals surface area contributed by atoms with Gasteiger partial charge in [0.1, 0.15) is 0 Å². The smallest absolute Gasteiger partial charge is 0.0970 e. The molecule has 0 N–H and O–H groups in total. The van der Waals surface area contributed by atoms with Gasteiger partial charge >= 0.3 is 0 Å². The Balaban J connectivity index is 1.06. The van der Waals surface area contributed by atoms with Gasteiger partial charge in [-0.3, -0.25) is 9.97 Å². The van der Waals surface area contributed by atoms with Gasteiger partial charge in [-0.15, -0.1) is 0 Å². The first kappa shape index (κ1) is 31.0. The maximum atomic E-state index is 4.79. The molecule has 0 saturated carbocycles. The molecule has 0 aliphatic rings. The molecule has 0 aliphatic carbocycles. The van der Waals surface area contributed by atoms with Crippen LogP contribution in [0.15, 0.2) is 194 Å². The lowest BCUT2D eigenvalue weighted by Crippen LogP contribution is -1.91. The molecule has 0 bridgehead atoms. The Bertz CT molecular complexity index is 3580. The minimum atomic E-state index is 0.930. The molecule has 0 atom stereocenters.